The molecule has 3 rings (SSSR count). The summed E-state index contributed by atoms with van der Waals surface area (Å²) in [4.78, 5) is 26.2. The van der Waals surface area contributed by atoms with Crippen LogP contribution in [0.4, 0.5) is 5.69 Å². The molecule has 0 saturated heterocycles. The van der Waals surface area contributed by atoms with E-state index in [9.17, 15) is 14.7 Å². The van der Waals surface area contributed by atoms with Crippen molar-refractivity contribution >= 4 is 46.0 Å². The van der Waals surface area contributed by atoms with Crippen molar-refractivity contribution in [1.82, 2.24) is 0 Å². The van der Waals surface area contributed by atoms with E-state index in [1.165, 1.54) is 17.4 Å². The lowest BCUT2D eigenvalue weighted by Gasteiger charge is -2.15. The lowest BCUT2D eigenvalue weighted by molar-refractivity contribution is -0.121. The summed E-state index contributed by atoms with van der Waals surface area (Å²) in [6.07, 6.45) is 0. The molecular weight excluding hydrogens is 310 g/mol. The second-order valence-electron chi connectivity index (χ2n) is 4.58. The van der Waals surface area contributed by atoms with Gasteiger partial charge < -0.3 is 5.11 Å². The molecule has 1 aliphatic rings. The van der Waals surface area contributed by atoms with E-state index in [0.29, 0.717) is 15.6 Å². The van der Waals surface area contributed by atoms with Crippen LogP contribution in [0, 0.1) is 6.92 Å². The quantitative estimate of drug-likeness (QED) is 0.861. The minimum absolute atomic E-state index is 0.0340. The van der Waals surface area contributed by atoms with Crippen molar-refractivity contribution in [2.45, 2.75) is 6.92 Å². The molecule has 6 heteroatoms. The number of nitrogens with zero attached hydrogens (tertiary/aromatic N) is 1. The highest BCUT2D eigenvalue weighted by Crippen LogP contribution is 2.34. The van der Waals surface area contributed by atoms with Gasteiger partial charge in [0.25, 0.3) is 5.91 Å². The molecule has 21 heavy (non-hydrogen) atoms. The maximum atomic E-state index is 12.5. The third-order valence-electron chi connectivity index (χ3n) is 3.24. The highest BCUT2D eigenvalue weighted by Gasteiger charge is 2.40. The average Bonchev–Trinajstić information content (AvgIpc) is 3.03. The Morgan fingerprint density at radius 1 is 1.19 bits per heavy atom. The van der Waals surface area contributed by atoms with Crippen LogP contribution in [0.1, 0.15) is 10.4 Å². The van der Waals surface area contributed by atoms with Gasteiger partial charge in [-0.1, -0.05) is 23.7 Å². The number of aliphatic hydroxyl groups excluding tert-OH is 1. The lowest BCUT2D eigenvalue weighted by atomic mass is 10.2. The molecule has 1 N–H and O–H groups in total. The van der Waals surface area contributed by atoms with Crippen molar-refractivity contribution in [1.29, 1.82) is 0 Å². The summed E-state index contributed by atoms with van der Waals surface area (Å²) in [6.45, 7) is 1.83. The molecule has 0 saturated carbocycles. The lowest BCUT2D eigenvalue weighted by Crippen LogP contribution is -2.31. The third kappa shape index (κ3) is 2.14. The van der Waals surface area contributed by atoms with Gasteiger partial charge in [-0.3, -0.25) is 9.59 Å². The first-order valence-corrected chi connectivity index (χ1v) is 7.38. The molecule has 1 aliphatic heterocycles. The fourth-order valence-corrected chi connectivity index (χ4v) is 3.05. The largest absolute Gasteiger partial charge is 0.502 e. The van der Waals surface area contributed by atoms with Gasteiger partial charge in [0.2, 0.25) is 0 Å². The first-order chi connectivity index (χ1) is 10.0. The number of hydrogen-bond acceptors (Lipinski definition) is 4. The third-order valence-corrected chi connectivity index (χ3v) is 4.54. The number of carbonyl (C=O) groups excluding carboxylic acids is 2. The van der Waals surface area contributed by atoms with Crippen LogP contribution >= 0.6 is 22.9 Å². The van der Waals surface area contributed by atoms with Crippen molar-refractivity contribution in [2.75, 3.05) is 4.90 Å². The Hall–Kier alpha value is -2.11. The normalized spacial score (nSPS) is 15.2. The van der Waals surface area contributed by atoms with E-state index < -0.39 is 17.6 Å². The Morgan fingerprint density at radius 2 is 1.95 bits per heavy atom. The maximum Gasteiger partial charge on any atom is 0.301 e. The van der Waals surface area contributed by atoms with Gasteiger partial charge in [-0.2, -0.15) is 0 Å². The number of aryl methyl sites for hydroxylation is 1. The smallest absolute Gasteiger partial charge is 0.301 e. The Balaban J connectivity index is 2.06. The fraction of sp³-hybridized carbons (Fsp3) is 0.0667. The van der Waals surface area contributed by atoms with E-state index in [0.717, 1.165) is 10.5 Å². The number of amides is 2. The molecule has 4 nitrogen and oxygen atoms in total. The van der Waals surface area contributed by atoms with Crippen LogP contribution in [0.2, 0.25) is 5.02 Å². The van der Waals surface area contributed by atoms with Crippen LogP contribution in [-0.4, -0.2) is 16.9 Å². The van der Waals surface area contributed by atoms with E-state index in [1.807, 2.05) is 6.92 Å². The Bertz CT molecular complexity index is 780. The first kappa shape index (κ1) is 13.9. The van der Waals surface area contributed by atoms with Gasteiger partial charge in [-0.25, -0.2) is 4.90 Å². The summed E-state index contributed by atoms with van der Waals surface area (Å²) in [5.41, 5.74) is 1.22. The van der Waals surface area contributed by atoms with Crippen molar-refractivity contribution < 1.29 is 14.7 Å². The summed E-state index contributed by atoms with van der Waals surface area (Å²) in [5, 5.41) is 12.2. The van der Waals surface area contributed by atoms with E-state index in [4.69, 9.17) is 11.6 Å². The molecule has 0 radical (unpaired) electrons. The van der Waals surface area contributed by atoms with Crippen LogP contribution in [0.5, 0.6) is 0 Å². The van der Waals surface area contributed by atoms with Crippen LogP contribution in [0.15, 0.2) is 41.5 Å². The molecule has 0 fully saturated rings. The van der Waals surface area contributed by atoms with Crippen LogP contribution in [0.25, 0.3) is 5.57 Å². The van der Waals surface area contributed by atoms with Gasteiger partial charge in [-0.15, -0.1) is 11.3 Å². The zero-order valence-corrected chi connectivity index (χ0v) is 12.5. The van der Waals surface area contributed by atoms with Gasteiger partial charge in [0, 0.05) is 9.90 Å². The summed E-state index contributed by atoms with van der Waals surface area (Å²) in [5.74, 6) is -1.80. The molecule has 2 aromatic rings. The number of carbonyl (C=O) groups is 2. The molecule has 1 aromatic heterocycles. The molecule has 2 heterocycles. The predicted octanol–water partition coefficient (Wildman–Crippen LogP) is 3.55. The zero-order chi connectivity index (χ0) is 15.1. The standard InChI is InChI=1S/C15H10ClNO3S/c1-8-4-5-9(7-10(8)16)17-14(19)12(13(18)15(17)20)11-3-2-6-21-11/h2-7,18H,1H3. The summed E-state index contributed by atoms with van der Waals surface area (Å²) < 4.78 is 0. The Labute approximate surface area is 129 Å². The van der Waals surface area contributed by atoms with Crippen LogP contribution < -0.4 is 4.90 Å². The van der Waals surface area contributed by atoms with Gasteiger partial charge in [0.1, 0.15) is 5.57 Å². The SMILES string of the molecule is Cc1ccc(N2C(=O)C(O)=C(c3cccs3)C2=O)cc1Cl. The number of anilines is 1. The number of hydrogen-bond donors (Lipinski definition) is 1. The monoisotopic (exact) mass is 319 g/mol. The Morgan fingerprint density at radius 3 is 2.57 bits per heavy atom. The second kappa shape index (κ2) is 5.02. The van der Waals surface area contributed by atoms with E-state index in [2.05, 4.69) is 0 Å². The highest BCUT2D eigenvalue weighted by atomic mass is 35.5. The second-order valence-corrected chi connectivity index (χ2v) is 5.94. The number of aliphatic hydroxyl groups is 1. The Kier molecular flexibility index (Phi) is 3.31. The van der Waals surface area contributed by atoms with E-state index in [-0.39, 0.29) is 5.57 Å². The van der Waals surface area contributed by atoms with Crippen LogP contribution in [0.3, 0.4) is 0 Å². The van der Waals surface area contributed by atoms with Gasteiger partial charge >= 0.3 is 5.91 Å². The minimum atomic E-state index is -0.733. The van der Waals surface area contributed by atoms with Crippen molar-refractivity contribution in [3.05, 3.63) is 56.9 Å². The average molecular weight is 320 g/mol. The van der Waals surface area contributed by atoms with Crippen LogP contribution in [-0.2, 0) is 9.59 Å². The molecule has 0 spiro atoms. The molecule has 0 aliphatic carbocycles. The summed E-state index contributed by atoms with van der Waals surface area (Å²) in [7, 11) is 0. The number of benzene rings is 1. The molecule has 0 bridgehead atoms. The number of imide groups is 1. The fourth-order valence-electron chi connectivity index (χ4n) is 2.12. The van der Waals surface area contributed by atoms with Gasteiger partial charge in [-0.05, 0) is 36.1 Å². The summed E-state index contributed by atoms with van der Waals surface area (Å²) >= 11 is 7.33. The van der Waals surface area contributed by atoms with E-state index >= 15 is 0 Å². The number of halogens is 1. The molecule has 0 unspecified atom stereocenters. The summed E-state index contributed by atoms with van der Waals surface area (Å²) in [6, 6.07) is 8.33. The van der Waals surface area contributed by atoms with Crippen molar-refractivity contribution in [3.8, 4) is 0 Å². The highest BCUT2D eigenvalue weighted by molar-refractivity contribution is 7.11. The molecule has 2 amide bonds. The predicted molar refractivity (Wildman–Crippen MR) is 82.5 cm³/mol. The molecule has 106 valence electrons. The van der Waals surface area contributed by atoms with Gasteiger partial charge in [0.15, 0.2) is 5.76 Å². The van der Waals surface area contributed by atoms with Crippen molar-refractivity contribution in [2.24, 2.45) is 0 Å². The van der Waals surface area contributed by atoms with Crippen molar-refractivity contribution in [3.63, 3.8) is 0 Å². The molecule has 0 atom stereocenters. The maximum absolute atomic E-state index is 12.5. The first-order valence-electron chi connectivity index (χ1n) is 6.12. The number of rotatable bonds is 2. The number of thiophene rings is 1. The molecular formula is C15H10ClNO3S. The van der Waals surface area contributed by atoms with Gasteiger partial charge in [0.05, 0.1) is 5.69 Å². The zero-order valence-electron chi connectivity index (χ0n) is 11.0. The van der Waals surface area contributed by atoms with E-state index in [1.54, 1.807) is 29.6 Å². The topological polar surface area (TPSA) is 57.6 Å². The minimum Gasteiger partial charge on any atom is -0.502 e. The molecule has 1 aromatic carbocycles.